The number of nitrogens with zero attached hydrogens (tertiary/aromatic N) is 3. The molecule has 0 aliphatic rings. The van der Waals surface area contributed by atoms with Crippen LogP contribution in [0.4, 0.5) is 5.69 Å². The van der Waals surface area contributed by atoms with E-state index in [-0.39, 0.29) is 0 Å². The van der Waals surface area contributed by atoms with E-state index in [9.17, 15) is 4.79 Å². The van der Waals surface area contributed by atoms with Gasteiger partial charge in [0.05, 0.1) is 25.3 Å². The van der Waals surface area contributed by atoms with E-state index in [1.54, 1.807) is 30.5 Å². The van der Waals surface area contributed by atoms with Crippen LogP contribution in [0.15, 0.2) is 67.0 Å². The zero-order valence-corrected chi connectivity index (χ0v) is 14.3. The number of benzene rings is 2. The number of aromatic nitrogens is 2. The summed E-state index contributed by atoms with van der Waals surface area (Å²) in [5, 5.41) is 16.5. The van der Waals surface area contributed by atoms with Gasteiger partial charge >= 0.3 is 5.97 Å². The first-order chi connectivity index (χ1) is 12.7. The smallest absolute Gasteiger partial charge is 0.332 e. The second kappa shape index (κ2) is 7.99. The molecular formula is C20H18N4O2. The Kier molecular flexibility index (Phi) is 5.30. The molecule has 0 saturated heterocycles. The Labute approximate surface area is 151 Å². The number of nitriles is 1. The topological polar surface area (TPSA) is 79.9 Å². The summed E-state index contributed by atoms with van der Waals surface area (Å²) in [5.41, 5.74) is 3.00. The summed E-state index contributed by atoms with van der Waals surface area (Å²) in [7, 11) is 1.35. The fraction of sp³-hybridized carbons (Fsp3) is 0.150. The highest BCUT2D eigenvalue weighted by Crippen LogP contribution is 2.23. The molecule has 130 valence electrons. The first kappa shape index (κ1) is 17.2. The number of carbonyl (C=O) groups excluding carboxylic acids is 1. The third-order valence-electron chi connectivity index (χ3n) is 3.93. The molecule has 6 heteroatoms. The van der Waals surface area contributed by atoms with Crippen molar-refractivity contribution >= 4 is 11.7 Å². The minimum atomic E-state index is -0.701. The molecule has 0 bridgehead atoms. The lowest BCUT2D eigenvalue weighted by atomic mass is 10.0. The van der Waals surface area contributed by atoms with Crippen molar-refractivity contribution in [3.8, 4) is 6.07 Å². The van der Waals surface area contributed by atoms with Gasteiger partial charge in [0.25, 0.3) is 0 Å². The SMILES string of the molecule is COC(=O)[C@H](Nc1cccc(Cn2cccn2)c1)c1cccc(C#N)c1. The maximum Gasteiger partial charge on any atom is 0.332 e. The van der Waals surface area contributed by atoms with Gasteiger partial charge in [0.15, 0.2) is 6.04 Å². The monoisotopic (exact) mass is 346 g/mol. The quantitative estimate of drug-likeness (QED) is 0.694. The van der Waals surface area contributed by atoms with Gasteiger partial charge in [0, 0.05) is 18.1 Å². The molecule has 3 rings (SSSR count). The van der Waals surface area contributed by atoms with Crippen LogP contribution in [-0.2, 0) is 16.1 Å². The number of anilines is 1. The summed E-state index contributed by atoms with van der Waals surface area (Å²) in [4.78, 5) is 12.3. The molecule has 1 aromatic heterocycles. The van der Waals surface area contributed by atoms with Crippen molar-refractivity contribution in [2.75, 3.05) is 12.4 Å². The van der Waals surface area contributed by atoms with Crippen molar-refractivity contribution in [2.45, 2.75) is 12.6 Å². The molecule has 1 atom stereocenters. The summed E-state index contributed by atoms with van der Waals surface area (Å²) in [6, 6.07) is 17.9. The van der Waals surface area contributed by atoms with Gasteiger partial charge in [-0.2, -0.15) is 10.4 Å². The highest BCUT2D eigenvalue weighted by Gasteiger charge is 2.21. The molecule has 0 aliphatic carbocycles. The predicted octanol–water partition coefficient (Wildman–Crippen LogP) is 3.13. The van der Waals surface area contributed by atoms with Crippen LogP contribution in [0.3, 0.4) is 0 Å². The molecule has 6 nitrogen and oxygen atoms in total. The summed E-state index contributed by atoms with van der Waals surface area (Å²) in [6.07, 6.45) is 3.63. The zero-order valence-electron chi connectivity index (χ0n) is 14.3. The second-order valence-corrected chi connectivity index (χ2v) is 5.74. The van der Waals surface area contributed by atoms with Gasteiger partial charge in [-0.3, -0.25) is 4.68 Å². The molecule has 1 N–H and O–H groups in total. The van der Waals surface area contributed by atoms with Crippen molar-refractivity contribution in [3.63, 3.8) is 0 Å². The van der Waals surface area contributed by atoms with Gasteiger partial charge in [-0.05, 0) is 41.5 Å². The van der Waals surface area contributed by atoms with Crippen molar-refractivity contribution < 1.29 is 9.53 Å². The maximum atomic E-state index is 12.3. The maximum absolute atomic E-state index is 12.3. The Morgan fingerprint density at radius 2 is 2.12 bits per heavy atom. The Morgan fingerprint density at radius 3 is 2.85 bits per heavy atom. The molecule has 26 heavy (non-hydrogen) atoms. The number of nitrogens with one attached hydrogen (secondary N) is 1. The lowest BCUT2D eigenvalue weighted by Crippen LogP contribution is -2.22. The van der Waals surface area contributed by atoms with Crippen LogP contribution in [-0.4, -0.2) is 22.9 Å². The molecule has 0 spiro atoms. The Bertz CT molecular complexity index is 929. The first-order valence-electron chi connectivity index (χ1n) is 8.10. The van der Waals surface area contributed by atoms with Gasteiger partial charge in [0.2, 0.25) is 0 Å². The number of carbonyl (C=O) groups is 1. The standard InChI is InChI=1S/C20H18N4O2/c1-26-20(25)19(17-7-2-5-15(11-17)13-21)23-18-8-3-6-16(12-18)14-24-10-4-9-22-24/h2-12,19,23H,14H2,1H3/t19-/m1/s1. The van der Waals surface area contributed by atoms with Crippen LogP contribution in [0.2, 0.25) is 0 Å². The van der Waals surface area contributed by atoms with Crippen molar-refractivity contribution in [1.29, 1.82) is 5.26 Å². The third-order valence-corrected chi connectivity index (χ3v) is 3.93. The highest BCUT2D eigenvalue weighted by atomic mass is 16.5. The highest BCUT2D eigenvalue weighted by molar-refractivity contribution is 5.81. The largest absolute Gasteiger partial charge is 0.467 e. The minimum absolute atomic E-state index is 0.419. The number of ether oxygens (including phenoxy) is 1. The van der Waals surface area contributed by atoms with Gasteiger partial charge in [-0.1, -0.05) is 24.3 Å². The lowest BCUT2D eigenvalue weighted by Gasteiger charge is -2.19. The van der Waals surface area contributed by atoms with Crippen molar-refractivity contribution in [2.24, 2.45) is 0 Å². The molecule has 0 aliphatic heterocycles. The average molecular weight is 346 g/mol. The molecular weight excluding hydrogens is 328 g/mol. The van der Waals surface area contributed by atoms with E-state index in [0.29, 0.717) is 17.7 Å². The second-order valence-electron chi connectivity index (χ2n) is 5.74. The molecule has 0 fully saturated rings. The molecule has 0 unspecified atom stereocenters. The lowest BCUT2D eigenvalue weighted by molar-refractivity contribution is -0.141. The fourth-order valence-electron chi connectivity index (χ4n) is 2.69. The van der Waals surface area contributed by atoms with Crippen molar-refractivity contribution in [1.82, 2.24) is 9.78 Å². The van der Waals surface area contributed by atoms with E-state index in [1.807, 2.05) is 41.2 Å². The van der Waals surface area contributed by atoms with Crippen LogP contribution in [0.1, 0.15) is 22.7 Å². The molecule has 0 saturated carbocycles. The van der Waals surface area contributed by atoms with Crippen molar-refractivity contribution in [3.05, 3.63) is 83.7 Å². The number of hydrogen-bond acceptors (Lipinski definition) is 5. The van der Waals surface area contributed by atoms with Crippen LogP contribution < -0.4 is 5.32 Å². The van der Waals surface area contributed by atoms with Crippen LogP contribution in [0.5, 0.6) is 0 Å². The summed E-state index contributed by atoms with van der Waals surface area (Å²) in [6.45, 7) is 0.634. The Balaban J connectivity index is 1.85. The minimum Gasteiger partial charge on any atom is -0.467 e. The van der Waals surface area contributed by atoms with Crippen LogP contribution >= 0.6 is 0 Å². The van der Waals surface area contributed by atoms with E-state index in [2.05, 4.69) is 16.5 Å². The zero-order chi connectivity index (χ0) is 18.4. The van der Waals surface area contributed by atoms with Gasteiger partial charge in [-0.25, -0.2) is 4.79 Å². The van der Waals surface area contributed by atoms with E-state index in [4.69, 9.17) is 10.00 Å². The molecule has 0 radical (unpaired) electrons. The summed E-state index contributed by atoms with van der Waals surface area (Å²) >= 11 is 0. The van der Waals surface area contributed by atoms with Gasteiger partial charge in [-0.15, -0.1) is 0 Å². The summed E-state index contributed by atoms with van der Waals surface area (Å²) in [5.74, 6) is -0.419. The Morgan fingerprint density at radius 1 is 1.27 bits per heavy atom. The average Bonchev–Trinajstić information content (AvgIpc) is 3.19. The number of methoxy groups -OCH3 is 1. The molecule has 3 aromatic rings. The number of esters is 1. The predicted molar refractivity (Wildman–Crippen MR) is 97.3 cm³/mol. The first-order valence-corrected chi connectivity index (χ1v) is 8.10. The Hall–Kier alpha value is -3.59. The molecule has 1 heterocycles. The van der Waals surface area contributed by atoms with E-state index in [1.165, 1.54) is 7.11 Å². The van der Waals surface area contributed by atoms with Gasteiger partial charge in [0.1, 0.15) is 0 Å². The molecule has 0 amide bonds. The van der Waals surface area contributed by atoms with E-state index < -0.39 is 12.0 Å². The van der Waals surface area contributed by atoms with E-state index >= 15 is 0 Å². The number of hydrogen-bond donors (Lipinski definition) is 1. The van der Waals surface area contributed by atoms with E-state index in [0.717, 1.165) is 11.3 Å². The number of rotatable bonds is 6. The fourth-order valence-corrected chi connectivity index (χ4v) is 2.69. The normalized spacial score (nSPS) is 11.4. The third kappa shape index (κ3) is 4.08. The van der Waals surface area contributed by atoms with Gasteiger partial charge < -0.3 is 10.1 Å². The van der Waals surface area contributed by atoms with Crippen LogP contribution in [0, 0.1) is 11.3 Å². The van der Waals surface area contributed by atoms with Crippen LogP contribution in [0.25, 0.3) is 0 Å². The molecule has 2 aromatic carbocycles. The summed E-state index contributed by atoms with van der Waals surface area (Å²) < 4.78 is 6.76.